The number of rotatable bonds is 8. The zero-order valence-corrected chi connectivity index (χ0v) is 20.2. The summed E-state index contributed by atoms with van der Waals surface area (Å²) in [6, 6.07) is 11.8. The molecule has 2 aromatic heterocycles. The number of hydrogen-bond acceptors (Lipinski definition) is 7. The van der Waals surface area contributed by atoms with Crippen molar-refractivity contribution < 1.29 is 4.92 Å². The summed E-state index contributed by atoms with van der Waals surface area (Å²) in [5.74, 6) is 0.406. The number of aryl methyl sites for hydroxylation is 3. The van der Waals surface area contributed by atoms with Crippen LogP contribution < -0.4 is 15.5 Å². The lowest BCUT2D eigenvalue weighted by atomic mass is 10.0. The summed E-state index contributed by atoms with van der Waals surface area (Å²) >= 11 is 0. The smallest absolute Gasteiger partial charge is 0.294 e. The first-order valence-corrected chi connectivity index (χ1v) is 11.8. The van der Waals surface area contributed by atoms with E-state index < -0.39 is 0 Å². The molecule has 0 saturated carbocycles. The molecular formula is C26H29N7O2. The predicted molar refractivity (Wildman–Crippen MR) is 140 cm³/mol. The van der Waals surface area contributed by atoms with Gasteiger partial charge in [-0.05, 0) is 50.1 Å². The number of anilines is 3. The van der Waals surface area contributed by atoms with Crippen LogP contribution in [0.1, 0.15) is 17.5 Å². The van der Waals surface area contributed by atoms with E-state index in [2.05, 4.69) is 44.6 Å². The Morgan fingerprint density at radius 1 is 1.26 bits per heavy atom. The van der Waals surface area contributed by atoms with Crippen LogP contribution in [-0.2, 0) is 13.0 Å². The number of hydrogen-bond donors (Lipinski definition) is 2. The molecule has 2 aromatic carbocycles. The van der Waals surface area contributed by atoms with Gasteiger partial charge in [-0.2, -0.15) is 0 Å². The van der Waals surface area contributed by atoms with Crippen LogP contribution in [0.5, 0.6) is 0 Å². The molecular weight excluding hydrogens is 442 g/mol. The van der Waals surface area contributed by atoms with Crippen molar-refractivity contribution >= 4 is 33.9 Å². The molecule has 0 aliphatic carbocycles. The molecule has 0 spiro atoms. The molecule has 2 N–H and O–H groups in total. The molecule has 0 atom stereocenters. The lowest BCUT2D eigenvalue weighted by Gasteiger charge is -2.20. The predicted octanol–water partition coefficient (Wildman–Crippen LogP) is 4.66. The van der Waals surface area contributed by atoms with Crippen LogP contribution in [0.25, 0.3) is 22.2 Å². The van der Waals surface area contributed by atoms with E-state index in [0.717, 1.165) is 42.8 Å². The zero-order valence-electron chi connectivity index (χ0n) is 20.2. The Morgan fingerprint density at radius 2 is 2.11 bits per heavy atom. The number of nitrogens with one attached hydrogen (secondary N) is 2. The highest BCUT2D eigenvalue weighted by Gasteiger charge is 2.21. The first-order chi connectivity index (χ1) is 17.0. The number of likely N-dealkylation sites (N-methyl/N-ethyl adjacent to an activating group) is 2. The molecule has 0 saturated heterocycles. The van der Waals surface area contributed by atoms with Gasteiger partial charge in [0.05, 0.1) is 21.8 Å². The Hall–Kier alpha value is -3.98. The van der Waals surface area contributed by atoms with E-state index >= 15 is 0 Å². The fourth-order valence-electron chi connectivity index (χ4n) is 4.82. The van der Waals surface area contributed by atoms with Crippen molar-refractivity contribution in [2.45, 2.75) is 26.3 Å². The van der Waals surface area contributed by atoms with Crippen molar-refractivity contribution in [3.05, 3.63) is 70.0 Å². The minimum atomic E-state index is -0.346. The van der Waals surface area contributed by atoms with Crippen LogP contribution in [-0.4, -0.2) is 46.6 Å². The van der Waals surface area contributed by atoms with E-state index in [0.29, 0.717) is 23.9 Å². The quantitative estimate of drug-likeness (QED) is 0.285. The summed E-state index contributed by atoms with van der Waals surface area (Å²) < 4.78 is 2.31. The molecule has 1 aliphatic heterocycles. The third-order valence-electron chi connectivity index (χ3n) is 6.63. The second kappa shape index (κ2) is 9.34. The van der Waals surface area contributed by atoms with E-state index in [9.17, 15) is 10.1 Å². The maximum absolute atomic E-state index is 11.8. The summed E-state index contributed by atoms with van der Waals surface area (Å²) in [5, 5.41) is 19.3. The van der Waals surface area contributed by atoms with Crippen LogP contribution in [0.4, 0.5) is 23.0 Å². The monoisotopic (exact) mass is 471 g/mol. The van der Waals surface area contributed by atoms with E-state index in [1.807, 2.05) is 38.1 Å². The van der Waals surface area contributed by atoms with Crippen molar-refractivity contribution in [3.8, 4) is 11.3 Å². The van der Waals surface area contributed by atoms with E-state index in [-0.39, 0.29) is 10.6 Å². The standard InChI is InChI=1S/C26H29N7O2/c1-17-14-23(31(3)13-11-27-2)24(33(34)35)15-22(17)30-26-28-10-9-21(29-26)20-16-32-12-5-7-18-6-4-8-19(20)25(18)32/h4,6,8-10,14-16,27H,5,7,11-13H2,1-3H3,(H,28,29,30). The van der Waals surface area contributed by atoms with Gasteiger partial charge < -0.3 is 20.1 Å². The molecule has 0 amide bonds. The van der Waals surface area contributed by atoms with Crippen molar-refractivity contribution in [1.82, 2.24) is 19.9 Å². The van der Waals surface area contributed by atoms with Crippen LogP contribution in [0.15, 0.2) is 48.8 Å². The number of aromatic nitrogens is 3. The minimum Gasteiger partial charge on any atom is -0.368 e. The molecule has 4 aromatic rings. The minimum absolute atomic E-state index is 0.0434. The summed E-state index contributed by atoms with van der Waals surface area (Å²) in [6.07, 6.45) is 6.12. The first-order valence-electron chi connectivity index (χ1n) is 11.8. The molecule has 5 rings (SSSR count). The van der Waals surface area contributed by atoms with Gasteiger partial charge in [-0.25, -0.2) is 9.97 Å². The average molecular weight is 472 g/mol. The largest absolute Gasteiger partial charge is 0.368 e. The average Bonchev–Trinajstić information content (AvgIpc) is 3.24. The Bertz CT molecular complexity index is 1410. The van der Waals surface area contributed by atoms with Crippen molar-refractivity contribution in [1.29, 1.82) is 0 Å². The third-order valence-corrected chi connectivity index (χ3v) is 6.63. The topological polar surface area (TPSA) is 101 Å². The van der Waals surface area contributed by atoms with Gasteiger partial charge in [-0.3, -0.25) is 10.1 Å². The van der Waals surface area contributed by atoms with Crippen LogP contribution >= 0.6 is 0 Å². The SMILES string of the molecule is CNCCN(C)c1cc(C)c(Nc2nccc(-c3cn4c5c(cccc35)CCC4)n2)cc1[N+](=O)[O-]. The van der Waals surface area contributed by atoms with Crippen molar-refractivity contribution in [2.75, 3.05) is 37.4 Å². The van der Waals surface area contributed by atoms with Gasteiger partial charge in [-0.15, -0.1) is 0 Å². The van der Waals surface area contributed by atoms with Gasteiger partial charge in [0.1, 0.15) is 5.69 Å². The van der Waals surface area contributed by atoms with Gasteiger partial charge in [-0.1, -0.05) is 18.2 Å². The molecule has 0 fully saturated rings. The molecule has 0 bridgehead atoms. The summed E-state index contributed by atoms with van der Waals surface area (Å²) in [6.45, 7) is 4.31. The molecule has 9 heteroatoms. The zero-order chi connectivity index (χ0) is 24.5. The summed E-state index contributed by atoms with van der Waals surface area (Å²) in [5.41, 5.74) is 6.66. The molecule has 180 valence electrons. The van der Waals surface area contributed by atoms with E-state index in [1.54, 1.807) is 12.3 Å². The molecule has 0 unspecified atom stereocenters. The highest BCUT2D eigenvalue weighted by Crippen LogP contribution is 2.36. The fraction of sp³-hybridized carbons (Fsp3) is 0.308. The van der Waals surface area contributed by atoms with Crippen molar-refractivity contribution in [3.63, 3.8) is 0 Å². The molecule has 35 heavy (non-hydrogen) atoms. The normalized spacial score (nSPS) is 12.7. The Labute approximate surface area is 204 Å². The second-order valence-electron chi connectivity index (χ2n) is 8.98. The van der Waals surface area contributed by atoms with Crippen LogP contribution in [0.3, 0.4) is 0 Å². The molecule has 9 nitrogen and oxygen atoms in total. The number of nitrogens with zero attached hydrogens (tertiary/aromatic N) is 5. The van der Waals surface area contributed by atoms with Crippen LogP contribution in [0.2, 0.25) is 0 Å². The fourth-order valence-corrected chi connectivity index (χ4v) is 4.82. The van der Waals surface area contributed by atoms with Gasteiger partial charge in [0, 0.05) is 56.1 Å². The van der Waals surface area contributed by atoms with Crippen LogP contribution in [0, 0.1) is 17.0 Å². The van der Waals surface area contributed by atoms with E-state index in [1.165, 1.54) is 16.5 Å². The molecule has 0 radical (unpaired) electrons. The third kappa shape index (κ3) is 4.30. The molecule has 3 heterocycles. The Morgan fingerprint density at radius 3 is 2.91 bits per heavy atom. The highest BCUT2D eigenvalue weighted by atomic mass is 16.6. The lowest BCUT2D eigenvalue weighted by Crippen LogP contribution is -2.27. The summed E-state index contributed by atoms with van der Waals surface area (Å²) in [4.78, 5) is 22.6. The second-order valence-corrected chi connectivity index (χ2v) is 8.98. The van der Waals surface area contributed by atoms with Gasteiger partial charge in [0.15, 0.2) is 0 Å². The number of para-hydroxylation sites is 1. The maximum atomic E-state index is 11.8. The number of nitro groups is 1. The lowest BCUT2D eigenvalue weighted by molar-refractivity contribution is -0.384. The van der Waals surface area contributed by atoms with Gasteiger partial charge in [0.25, 0.3) is 5.69 Å². The number of nitro benzene ring substituents is 1. The van der Waals surface area contributed by atoms with E-state index in [4.69, 9.17) is 4.98 Å². The Kier molecular flexibility index (Phi) is 6.08. The van der Waals surface area contributed by atoms with Gasteiger partial charge >= 0.3 is 0 Å². The Balaban J connectivity index is 1.49. The number of benzene rings is 2. The van der Waals surface area contributed by atoms with Gasteiger partial charge in [0.2, 0.25) is 5.95 Å². The maximum Gasteiger partial charge on any atom is 0.294 e. The first kappa shape index (κ1) is 22.8. The van der Waals surface area contributed by atoms with Crippen molar-refractivity contribution in [2.24, 2.45) is 0 Å². The molecule has 1 aliphatic rings. The highest BCUT2D eigenvalue weighted by molar-refractivity contribution is 5.97. The summed E-state index contributed by atoms with van der Waals surface area (Å²) in [7, 11) is 3.72.